The number of aryl methyl sites for hydroxylation is 1. The lowest BCUT2D eigenvalue weighted by atomic mass is 10.1. The van der Waals surface area contributed by atoms with Gasteiger partial charge in [-0.2, -0.15) is 0 Å². The van der Waals surface area contributed by atoms with E-state index in [0.29, 0.717) is 0 Å². The summed E-state index contributed by atoms with van der Waals surface area (Å²) in [6, 6.07) is 1.95. The Hall–Kier alpha value is -0.960. The van der Waals surface area contributed by atoms with Crippen LogP contribution in [0.15, 0.2) is 18.6 Å². The zero-order valence-corrected chi connectivity index (χ0v) is 7.03. The predicted molar refractivity (Wildman–Crippen MR) is 46.5 cm³/mol. The van der Waals surface area contributed by atoms with Gasteiger partial charge in [0.05, 0.1) is 0 Å². The van der Waals surface area contributed by atoms with Gasteiger partial charge in [-0.15, -0.1) is 0 Å². The first-order valence-electron chi connectivity index (χ1n) is 4.32. The van der Waals surface area contributed by atoms with Gasteiger partial charge in [0.15, 0.2) is 0 Å². The van der Waals surface area contributed by atoms with E-state index in [1.54, 1.807) is 12.5 Å². The molecule has 0 bridgehead atoms. The van der Waals surface area contributed by atoms with Crippen molar-refractivity contribution in [2.45, 2.75) is 31.2 Å². The van der Waals surface area contributed by atoms with E-state index in [2.05, 4.69) is 9.97 Å². The van der Waals surface area contributed by atoms with Crippen molar-refractivity contribution < 1.29 is 0 Å². The Morgan fingerprint density at radius 2 is 2.33 bits per heavy atom. The van der Waals surface area contributed by atoms with E-state index in [0.717, 1.165) is 18.5 Å². The minimum atomic E-state index is 0.144. The highest BCUT2D eigenvalue weighted by Gasteiger charge is 2.37. The molecule has 1 heterocycles. The smallest absolute Gasteiger partial charge is 0.115 e. The lowest BCUT2D eigenvalue weighted by molar-refractivity contribution is 0.602. The maximum atomic E-state index is 5.95. The molecule has 3 heteroatoms. The molecule has 2 rings (SSSR count). The lowest BCUT2D eigenvalue weighted by Crippen LogP contribution is -2.22. The normalized spacial score (nSPS) is 19.1. The molecule has 0 saturated heterocycles. The summed E-state index contributed by atoms with van der Waals surface area (Å²) in [5, 5.41) is 0. The van der Waals surface area contributed by atoms with Gasteiger partial charge in [0, 0.05) is 17.4 Å². The van der Waals surface area contributed by atoms with E-state index in [4.69, 9.17) is 5.73 Å². The maximum Gasteiger partial charge on any atom is 0.115 e. The highest BCUT2D eigenvalue weighted by atomic mass is 14.8. The number of rotatable bonds is 3. The zero-order chi connectivity index (χ0) is 8.44. The van der Waals surface area contributed by atoms with Crippen molar-refractivity contribution in [3.8, 4) is 0 Å². The molecule has 0 unspecified atom stereocenters. The van der Waals surface area contributed by atoms with E-state index in [1.165, 1.54) is 12.8 Å². The van der Waals surface area contributed by atoms with E-state index in [9.17, 15) is 0 Å². The second kappa shape index (κ2) is 2.83. The number of nitrogens with two attached hydrogens (primary N) is 1. The lowest BCUT2D eigenvalue weighted by Gasteiger charge is -2.06. The van der Waals surface area contributed by atoms with Gasteiger partial charge in [0.2, 0.25) is 0 Å². The first kappa shape index (κ1) is 7.68. The van der Waals surface area contributed by atoms with Crippen LogP contribution in [0.4, 0.5) is 0 Å². The minimum Gasteiger partial charge on any atom is -0.325 e. The van der Waals surface area contributed by atoms with Crippen molar-refractivity contribution in [1.29, 1.82) is 0 Å². The van der Waals surface area contributed by atoms with Gasteiger partial charge in [-0.3, -0.25) is 0 Å². The van der Waals surface area contributed by atoms with Crippen LogP contribution < -0.4 is 5.73 Å². The summed E-state index contributed by atoms with van der Waals surface area (Å²) < 4.78 is 0. The Morgan fingerprint density at radius 1 is 1.50 bits per heavy atom. The van der Waals surface area contributed by atoms with Crippen LogP contribution in [0.3, 0.4) is 0 Å². The van der Waals surface area contributed by atoms with Crippen LogP contribution >= 0.6 is 0 Å². The van der Waals surface area contributed by atoms with Crippen molar-refractivity contribution in [3.05, 3.63) is 24.3 Å². The van der Waals surface area contributed by atoms with E-state index in [-0.39, 0.29) is 5.54 Å². The number of nitrogens with zero attached hydrogens (tertiary/aromatic N) is 2. The molecule has 1 saturated carbocycles. The molecule has 12 heavy (non-hydrogen) atoms. The van der Waals surface area contributed by atoms with Crippen molar-refractivity contribution in [2.75, 3.05) is 0 Å². The SMILES string of the molecule is NC1(CCc2ccncn2)CC1. The molecule has 1 aromatic heterocycles. The topological polar surface area (TPSA) is 51.8 Å². The van der Waals surface area contributed by atoms with Gasteiger partial charge in [0.1, 0.15) is 6.33 Å². The highest BCUT2D eigenvalue weighted by Crippen LogP contribution is 2.36. The van der Waals surface area contributed by atoms with Crippen molar-refractivity contribution >= 4 is 0 Å². The monoisotopic (exact) mass is 163 g/mol. The first-order valence-corrected chi connectivity index (χ1v) is 4.32. The molecule has 0 atom stereocenters. The Bertz CT molecular complexity index is 254. The molecular formula is C9H13N3. The Kier molecular flexibility index (Phi) is 1.81. The van der Waals surface area contributed by atoms with Crippen LogP contribution in [0.2, 0.25) is 0 Å². The average Bonchev–Trinajstić information content (AvgIpc) is 2.84. The predicted octanol–water partition coefficient (Wildman–Crippen LogP) is 0.901. The molecule has 0 radical (unpaired) electrons. The third kappa shape index (κ3) is 1.80. The Balaban J connectivity index is 1.88. The quantitative estimate of drug-likeness (QED) is 0.720. The van der Waals surface area contributed by atoms with Crippen LogP contribution in [0.25, 0.3) is 0 Å². The summed E-state index contributed by atoms with van der Waals surface area (Å²) in [5.41, 5.74) is 7.19. The molecule has 0 spiro atoms. The first-order chi connectivity index (χ1) is 5.79. The van der Waals surface area contributed by atoms with Gasteiger partial charge in [-0.05, 0) is 31.7 Å². The maximum absolute atomic E-state index is 5.95. The van der Waals surface area contributed by atoms with Crippen LogP contribution in [-0.2, 0) is 6.42 Å². The molecule has 0 aromatic carbocycles. The largest absolute Gasteiger partial charge is 0.325 e. The highest BCUT2D eigenvalue weighted by molar-refractivity contribution is 5.04. The molecule has 0 aliphatic heterocycles. The molecular weight excluding hydrogens is 150 g/mol. The summed E-state index contributed by atoms with van der Waals surface area (Å²) in [6.45, 7) is 0. The average molecular weight is 163 g/mol. The molecule has 1 aromatic rings. The molecule has 2 N–H and O–H groups in total. The Labute approximate surface area is 72.0 Å². The summed E-state index contributed by atoms with van der Waals surface area (Å²) in [6.07, 6.45) is 7.77. The molecule has 1 aliphatic carbocycles. The van der Waals surface area contributed by atoms with Crippen LogP contribution in [-0.4, -0.2) is 15.5 Å². The van der Waals surface area contributed by atoms with Crippen LogP contribution in [0.1, 0.15) is 25.0 Å². The number of hydrogen-bond acceptors (Lipinski definition) is 3. The fourth-order valence-corrected chi connectivity index (χ4v) is 1.25. The van der Waals surface area contributed by atoms with Crippen molar-refractivity contribution in [3.63, 3.8) is 0 Å². The fourth-order valence-electron chi connectivity index (χ4n) is 1.25. The molecule has 0 amide bonds. The summed E-state index contributed by atoms with van der Waals surface area (Å²) >= 11 is 0. The minimum absolute atomic E-state index is 0.144. The second-order valence-corrected chi connectivity index (χ2v) is 3.56. The summed E-state index contributed by atoms with van der Waals surface area (Å²) in [7, 11) is 0. The molecule has 3 nitrogen and oxygen atoms in total. The summed E-state index contributed by atoms with van der Waals surface area (Å²) in [4.78, 5) is 8.01. The van der Waals surface area contributed by atoms with Gasteiger partial charge >= 0.3 is 0 Å². The summed E-state index contributed by atoms with van der Waals surface area (Å²) in [5.74, 6) is 0. The van der Waals surface area contributed by atoms with Crippen LogP contribution in [0, 0.1) is 0 Å². The third-order valence-corrected chi connectivity index (χ3v) is 2.41. The van der Waals surface area contributed by atoms with Gasteiger partial charge in [0.25, 0.3) is 0 Å². The van der Waals surface area contributed by atoms with Crippen LogP contribution in [0.5, 0.6) is 0 Å². The van der Waals surface area contributed by atoms with Gasteiger partial charge in [-0.1, -0.05) is 0 Å². The standard InChI is InChI=1S/C9H13N3/c10-9(4-5-9)3-1-8-2-6-11-7-12-8/h2,6-7H,1,3-5,10H2. The van der Waals surface area contributed by atoms with E-state index in [1.807, 2.05) is 6.07 Å². The zero-order valence-electron chi connectivity index (χ0n) is 7.03. The molecule has 1 aliphatic rings. The molecule has 64 valence electrons. The van der Waals surface area contributed by atoms with Crippen molar-refractivity contribution in [2.24, 2.45) is 5.73 Å². The Morgan fingerprint density at radius 3 is 2.92 bits per heavy atom. The van der Waals surface area contributed by atoms with E-state index >= 15 is 0 Å². The number of hydrogen-bond donors (Lipinski definition) is 1. The van der Waals surface area contributed by atoms with E-state index < -0.39 is 0 Å². The number of aromatic nitrogens is 2. The van der Waals surface area contributed by atoms with Gasteiger partial charge < -0.3 is 5.73 Å². The van der Waals surface area contributed by atoms with Gasteiger partial charge in [-0.25, -0.2) is 9.97 Å². The third-order valence-electron chi connectivity index (χ3n) is 2.41. The fraction of sp³-hybridized carbons (Fsp3) is 0.556. The second-order valence-electron chi connectivity index (χ2n) is 3.56. The molecule has 1 fully saturated rings. The van der Waals surface area contributed by atoms with Crippen molar-refractivity contribution in [1.82, 2.24) is 9.97 Å².